The number of aromatic nitrogens is 2. The first-order valence-corrected chi connectivity index (χ1v) is 9.11. The number of rotatable bonds is 6. The Bertz CT molecular complexity index is 618. The fourth-order valence-electron chi connectivity index (χ4n) is 2.52. The van der Waals surface area contributed by atoms with Crippen molar-refractivity contribution in [1.29, 1.82) is 0 Å². The molecule has 3 atom stereocenters. The maximum atomic E-state index is 11.6. The van der Waals surface area contributed by atoms with Crippen LogP contribution in [-0.4, -0.2) is 57.0 Å². The van der Waals surface area contributed by atoms with Gasteiger partial charge in [-0.05, 0) is 36.0 Å². The second kappa shape index (κ2) is 8.70. The van der Waals surface area contributed by atoms with Crippen molar-refractivity contribution in [2.45, 2.75) is 31.6 Å². The number of hydrogen-bond donors (Lipinski definition) is 1. The number of carbonyl (C=O) groups excluding carboxylic acids is 1. The Kier molecular flexibility index (Phi) is 6.90. The molecule has 24 heavy (non-hydrogen) atoms. The number of amides is 1. The molecule has 2 unspecified atom stereocenters. The topological polar surface area (TPSA) is 107 Å². The van der Waals surface area contributed by atoms with Crippen molar-refractivity contribution in [3.8, 4) is 0 Å². The molecule has 0 aliphatic carbocycles. The lowest BCUT2D eigenvalue weighted by atomic mass is 10.2. The Labute approximate surface area is 148 Å². The van der Waals surface area contributed by atoms with Crippen molar-refractivity contribution in [3.63, 3.8) is 0 Å². The van der Waals surface area contributed by atoms with Crippen LogP contribution in [0.25, 0.3) is 0 Å². The fourth-order valence-corrected chi connectivity index (χ4v) is 3.34. The van der Waals surface area contributed by atoms with Crippen LogP contribution < -0.4 is 10.2 Å². The van der Waals surface area contributed by atoms with Gasteiger partial charge in [-0.3, -0.25) is 9.00 Å². The zero-order valence-electron chi connectivity index (χ0n) is 13.5. The summed E-state index contributed by atoms with van der Waals surface area (Å²) in [4.78, 5) is 21.2. The van der Waals surface area contributed by atoms with Crippen LogP contribution in [-0.2, 0) is 20.6 Å². The molecule has 0 spiro atoms. The van der Waals surface area contributed by atoms with Crippen LogP contribution in [0.5, 0.6) is 0 Å². The third-order valence-electron chi connectivity index (χ3n) is 3.71. The first kappa shape index (κ1) is 19.0. The highest BCUT2D eigenvalue weighted by Gasteiger charge is 2.23. The molecule has 1 saturated heterocycles. The average Bonchev–Trinajstić information content (AvgIpc) is 2.50. The van der Waals surface area contributed by atoms with Gasteiger partial charge in [-0.2, -0.15) is 0 Å². The lowest BCUT2D eigenvalue weighted by molar-refractivity contribution is -0.118. The monoisotopic (exact) mass is 375 g/mol. The second-order valence-corrected chi connectivity index (χ2v) is 6.99. The van der Waals surface area contributed by atoms with Crippen molar-refractivity contribution in [1.82, 2.24) is 15.3 Å². The smallest absolute Gasteiger partial charge is 0.224 e. The highest BCUT2D eigenvalue weighted by atomic mass is 35.5. The van der Waals surface area contributed by atoms with E-state index in [1.54, 1.807) is 6.07 Å². The van der Waals surface area contributed by atoms with E-state index in [-0.39, 0.29) is 30.2 Å². The van der Waals surface area contributed by atoms with Crippen LogP contribution in [0.15, 0.2) is 6.07 Å². The second-order valence-electron chi connectivity index (χ2n) is 5.56. The highest BCUT2D eigenvalue weighted by Crippen LogP contribution is 2.27. The van der Waals surface area contributed by atoms with Crippen LogP contribution in [0.1, 0.15) is 31.2 Å². The normalized spacial score (nSPS) is 20.5. The van der Waals surface area contributed by atoms with Crippen LogP contribution in [0.4, 0.5) is 5.82 Å². The Morgan fingerprint density at radius 1 is 1.62 bits per heavy atom. The number of ether oxygens (including phenoxy) is 1. The zero-order valence-corrected chi connectivity index (χ0v) is 15.1. The van der Waals surface area contributed by atoms with Gasteiger partial charge in [0.1, 0.15) is 5.82 Å². The molecule has 1 fully saturated rings. The van der Waals surface area contributed by atoms with E-state index < -0.39 is 16.3 Å². The number of nitrogens with zero attached hydrogens (tertiary/aromatic N) is 3. The van der Waals surface area contributed by atoms with Crippen LogP contribution >= 0.6 is 11.6 Å². The minimum atomic E-state index is -2.39. The Morgan fingerprint density at radius 2 is 2.38 bits per heavy atom. The van der Waals surface area contributed by atoms with E-state index in [0.29, 0.717) is 31.3 Å². The number of nitrogens with one attached hydrogen (secondary N) is 1. The molecule has 1 amide bonds. The predicted octanol–water partition coefficient (Wildman–Crippen LogP) is 0.802. The number of morpholine rings is 1. The van der Waals surface area contributed by atoms with Gasteiger partial charge < -0.3 is 19.5 Å². The number of carbonyl (C=O) groups is 1. The summed E-state index contributed by atoms with van der Waals surface area (Å²) >= 11 is 3.61. The quantitative estimate of drug-likeness (QED) is 0.578. The molecule has 0 bridgehead atoms. The molecule has 0 radical (unpaired) electrons. The Hall–Kier alpha value is -1.29. The third-order valence-corrected chi connectivity index (χ3v) is 4.82. The first-order valence-electron chi connectivity index (χ1n) is 7.60. The zero-order chi connectivity index (χ0) is 17.7. The van der Waals surface area contributed by atoms with Crippen molar-refractivity contribution in [2.75, 3.05) is 31.2 Å². The van der Waals surface area contributed by atoms with Gasteiger partial charge in [-0.1, -0.05) is 0 Å². The molecule has 1 aliphatic rings. The molecular formula is C14H20ClN4O4S-. The van der Waals surface area contributed by atoms with Crippen LogP contribution in [0.2, 0.25) is 5.28 Å². The lowest BCUT2D eigenvalue weighted by Crippen LogP contribution is -2.44. The van der Waals surface area contributed by atoms with Gasteiger partial charge in [-0.25, -0.2) is 9.97 Å². The standard InChI is InChI=1S/C14H21ClN4O4S/c1-9-8-23-6-5-19(9)13-7-11(17-14(15)18-13)12(24(21)22)3-4-16-10(2)20/h7,9,12H,3-6,8H2,1-2H3,(H,16,20)(H,21,22)/p-1/t9-,12?/m0/s1. The predicted molar refractivity (Wildman–Crippen MR) is 89.6 cm³/mol. The summed E-state index contributed by atoms with van der Waals surface area (Å²) in [5, 5.41) is 1.71. The summed E-state index contributed by atoms with van der Waals surface area (Å²) in [6.45, 7) is 5.39. The van der Waals surface area contributed by atoms with E-state index in [1.807, 2.05) is 11.8 Å². The van der Waals surface area contributed by atoms with Gasteiger partial charge in [0.15, 0.2) is 0 Å². The summed E-state index contributed by atoms with van der Waals surface area (Å²) in [7, 11) is 0. The molecule has 1 aliphatic heterocycles. The molecule has 2 rings (SSSR count). The SMILES string of the molecule is CC(=O)NCCC(c1cc(N2CCOC[C@@H]2C)nc(Cl)n1)S(=O)[O-]. The highest BCUT2D eigenvalue weighted by molar-refractivity contribution is 7.79. The van der Waals surface area contributed by atoms with Crippen molar-refractivity contribution >= 4 is 34.4 Å². The molecule has 2 heterocycles. The van der Waals surface area contributed by atoms with Gasteiger partial charge >= 0.3 is 0 Å². The van der Waals surface area contributed by atoms with E-state index in [4.69, 9.17) is 16.3 Å². The van der Waals surface area contributed by atoms with E-state index in [0.717, 1.165) is 0 Å². The summed E-state index contributed by atoms with van der Waals surface area (Å²) in [6, 6.07) is 1.75. The molecule has 8 nitrogen and oxygen atoms in total. The summed E-state index contributed by atoms with van der Waals surface area (Å²) in [5.41, 5.74) is 0.322. The maximum Gasteiger partial charge on any atom is 0.224 e. The lowest BCUT2D eigenvalue weighted by Gasteiger charge is -2.34. The molecule has 0 saturated carbocycles. The van der Waals surface area contributed by atoms with Crippen molar-refractivity contribution < 1.29 is 18.3 Å². The minimum absolute atomic E-state index is 0.00355. The van der Waals surface area contributed by atoms with E-state index in [2.05, 4.69) is 15.3 Å². The van der Waals surface area contributed by atoms with E-state index >= 15 is 0 Å². The van der Waals surface area contributed by atoms with E-state index in [1.165, 1.54) is 6.92 Å². The number of anilines is 1. The maximum absolute atomic E-state index is 11.6. The summed E-state index contributed by atoms with van der Waals surface area (Å²) < 4.78 is 28.6. The third kappa shape index (κ3) is 5.10. The Morgan fingerprint density at radius 3 is 3.00 bits per heavy atom. The fraction of sp³-hybridized carbons (Fsp3) is 0.643. The molecule has 134 valence electrons. The van der Waals surface area contributed by atoms with Gasteiger partial charge in [0.05, 0.1) is 30.2 Å². The number of halogens is 1. The molecule has 1 aromatic heterocycles. The summed E-state index contributed by atoms with van der Waals surface area (Å²) in [5.74, 6) is 0.366. The van der Waals surface area contributed by atoms with Gasteiger partial charge in [0.2, 0.25) is 11.2 Å². The first-order chi connectivity index (χ1) is 11.4. The van der Waals surface area contributed by atoms with E-state index in [9.17, 15) is 13.6 Å². The summed E-state index contributed by atoms with van der Waals surface area (Å²) in [6.07, 6.45) is 0.209. The van der Waals surface area contributed by atoms with Gasteiger partial charge in [0.25, 0.3) is 0 Å². The van der Waals surface area contributed by atoms with Crippen molar-refractivity contribution in [3.05, 3.63) is 17.0 Å². The average molecular weight is 376 g/mol. The molecular weight excluding hydrogens is 356 g/mol. The number of hydrogen-bond acceptors (Lipinski definition) is 7. The molecule has 1 N–H and O–H groups in total. The van der Waals surface area contributed by atoms with Crippen LogP contribution in [0.3, 0.4) is 0 Å². The van der Waals surface area contributed by atoms with Gasteiger partial charge in [0, 0.05) is 26.1 Å². The molecule has 1 aromatic rings. The van der Waals surface area contributed by atoms with Crippen molar-refractivity contribution in [2.24, 2.45) is 0 Å². The Balaban J connectivity index is 2.23. The van der Waals surface area contributed by atoms with Gasteiger partial charge in [-0.15, -0.1) is 0 Å². The van der Waals surface area contributed by atoms with Crippen LogP contribution in [0, 0.1) is 0 Å². The molecule has 10 heteroatoms. The molecule has 0 aromatic carbocycles. The minimum Gasteiger partial charge on any atom is -0.772 e. The largest absolute Gasteiger partial charge is 0.772 e.